The summed E-state index contributed by atoms with van der Waals surface area (Å²) in [5, 5.41) is 8.83. The second-order valence-corrected chi connectivity index (χ2v) is 3.96. The number of hydrogen-bond donors (Lipinski definition) is 1. The molecule has 1 atom stereocenters. The summed E-state index contributed by atoms with van der Waals surface area (Å²) in [7, 11) is 1.64. The van der Waals surface area contributed by atoms with E-state index in [4.69, 9.17) is 19.3 Å². The monoisotopic (exact) mass is 247 g/mol. The molecule has 1 heterocycles. The van der Waals surface area contributed by atoms with Crippen molar-refractivity contribution in [3.8, 4) is 0 Å². The molecule has 6 heteroatoms. The number of hydrogen-bond acceptors (Lipinski definition) is 5. The van der Waals surface area contributed by atoms with Gasteiger partial charge in [-0.3, -0.25) is 4.90 Å². The molecule has 17 heavy (non-hydrogen) atoms. The van der Waals surface area contributed by atoms with Gasteiger partial charge in [0, 0.05) is 33.4 Å². The Morgan fingerprint density at radius 3 is 3.00 bits per heavy atom. The Morgan fingerprint density at radius 2 is 2.29 bits per heavy atom. The van der Waals surface area contributed by atoms with Crippen molar-refractivity contribution in [3.63, 3.8) is 0 Å². The molecule has 0 aromatic heterocycles. The first-order valence-corrected chi connectivity index (χ1v) is 5.87. The van der Waals surface area contributed by atoms with Crippen molar-refractivity contribution in [3.05, 3.63) is 0 Å². The summed E-state index contributed by atoms with van der Waals surface area (Å²) in [6.07, 6.45) is 0.217. The fourth-order valence-electron chi connectivity index (χ4n) is 1.69. The average molecular weight is 247 g/mol. The highest BCUT2D eigenvalue weighted by molar-refractivity contribution is 5.72. The van der Waals surface area contributed by atoms with E-state index in [1.165, 1.54) is 0 Å². The highest BCUT2D eigenvalue weighted by atomic mass is 16.5. The SMILES string of the molecule is COCCOCCCN1CCOC(C(=O)O)C1. The molecule has 0 saturated carbocycles. The minimum Gasteiger partial charge on any atom is -0.479 e. The standard InChI is InChI=1S/C11H21NO5/c1-15-7-8-16-5-2-3-12-4-6-17-10(9-12)11(13)14/h10H,2-9H2,1H3,(H,13,14). The summed E-state index contributed by atoms with van der Waals surface area (Å²) < 4.78 is 15.3. The van der Waals surface area contributed by atoms with Crippen molar-refractivity contribution in [2.45, 2.75) is 12.5 Å². The van der Waals surface area contributed by atoms with E-state index >= 15 is 0 Å². The number of carbonyl (C=O) groups is 1. The fraction of sp³-hybridized carbons (Fsp3) is 0.909. The van der Waals surface area contributed by atoms with Crippen LogP contribution in [0.4, 0.5) is 0 Å². The predicted molar refractivity (Wildman–Crippen MR) is 61.1 cm³/mol. The number of aliphatic carboxylic acids is 1. The molecule has 0 bridgehead atoms. The van der Waals surface area contributed by atoms with Crippen molar-refractivity contribution >= 4 is 5.97 Å². The van der Waals surface area contributed by atoms with Gasteiger partial charge in [-0.2, -0.15) is 0 Å². The molecule has 1 saturated heterocycles. The quantitative estimate of drug-likeness (QED) is 0.600. The van der Waals surface area contributed by atoms with E-state index in [-0.39, 0.29) is 0 Å². The first-order valence-electron chi connectivity index (χ1n) is 5.87. The fourth-order valence-corrected chi connectivity index (χ4v) is 1.69. The normalized spacial score (nSPS) is 21.6. The molecule has 0 radical (unpaired) electrons. The van der Waals surface area contributed by atoms with E-state index in [1.54, 1.807) is 7.11 Å². The van der Waals surface area contributed by atoms with Crippen molar-refractivity contribution in [1.82, 2.24) is 4.90 Å². The van der Waals surface area contributed by atoms with Gasteiger partial charge < -0.3 is 19.3 Å². The molecule has 100 valence electrons. The van der Waals surface area contributed by atoms with E-state index in [1.807, 2.05) is 0 Å². The van der Waals surface area contributed by atoms with Gasteiger partial charge in [-0.25, -0.2) is 4.79 Å². The molecule has 0 amide bonds. The van der Waals surface area contributed by atoms with Crippen LogP contribution in [-0.2, 0) is 19.0 Å². The van der Waals surface area contributed by atoms with Gasteiger partial charge in [-0.05, 0) is 6.42 Å². The zero-order chi connectivity index (χ0) is 12.5. The van der Waals surface area contributed by atoms with Crippen LogP contribution in [0.25, 0.3) is 0 Å². The van der Waals surface area contributed by atoms with Gasteiger partial charge in [-0.1, -0.05) is 0 Å². The summed E-state index contributed by atoms with van der Waals surface area (Å²) in [6.45, 7) is 4.49. The molecule has 0 aromatic rings. The lowest BCUT2D eigenvalue weighted by atomic mass is 10.2. The molecule has 1 rings (SSSR count). The molecule has 0 aliphatic carbocycles. The zero-order valence-electron chi connectivity index (χ0n) is 10.3. The molecule has 1 fully saturated rings. The number of carboxylic acid groups (broad SMARTS) is 1. The summed E-state index contributed by atoms with van der Waals surface area (Å²) >= 11 is 0. The van der Waals surface area contributed by atoms with Crippen LogP contribution in [0.1, 0.15) is 6.42 Å². The Balaban J connectivity index is 2.04. The average Bonchev–Trinajstić information content (AvgIpc) is 2.34. The molecular formula is C11H21NO5. The summed E-state index contributed by atoms with van der Waals surface area (Å²) in [4.78, 5) is 12.9. The van der Waals surface area contributed by atoms with Gasteiger partial charge in [-0.15, -0.1) is 0 Å². The second-order valence-electron chi connectivity index (χ2n) is 3.96. The van der Waals surface area contributed by atoms with Crippen molar-refractivity contribution in [2.75, 3.05) is 53.2 Å². The summed E-state index contributed by atoms with van der Waals surface area (Å²) in [5.41, 5.74) is 0. The first-order chi connectivity index (χ1) is 8.24. The largest absolute Gasteiger partial charge is 0.479 e. The minimum atomic E-state index is -0.883. The maximum atomic E-state index is 10.8. The smallest absolute Gasteiger partial charge is 0.334 e. The molecule has 1 N–H and O–H groups in total. The van der Waals surface area contributed by atoms with Gasteiger partial charge >= 0.3 is 5.97 Å². The highest BCUT2D eigenvalue weighted by Gasteiger charge is 2.25. The third kappa shape index (κ3) is 5.97. The Kier molecular flexibility index (Phi) is 7.11. The molecule has 1 aliphatic rings. The third-order valence-electron chi connectivity index (χ3n) is 2.62. The number of methoxy groups -OCH3 is 1. The van der Waals surface area contributed by atoms with Crippen LogP contribution in [-0.4, -0.2) is 75.3 Å². The third-order valence-corrected chi connectivity index (χ3v) is 2.62. The molecule has 6 nitrogen and oxygen atoms in total. The first kappa shape index (κ1) is 14.4. The second kappa shape index (κ2) is 8.41. The summed E-state index contributed by atoms with van der Waals surface area (Å²) in [5.74, 6) is -0.883. The molecule has 0 aromatic carbocycles. The van der Waals surface area contributed by atoms with Crippen LogP contribution in [0.5, 0.6) is 0 Å². The van der Waals surface area contributed by atoms with Crippen LogP contribution in [0, 0.1) is 0 Å². The van der Waals surface area contributed by atoms with Gasteiger partial charge in [0.2, 0.25) is 0 Å². The Hall–Kier alpha value is -0.690. The lowest BCUT2D eigenvalue weighted by Gasteiger charge is -2.30. The van der Waals surface area contributed by atoms with Gasteiger partial charge in [0.05, 0.1) is 19.8 Å². The van der Waals surface area contributed by atoms with E-state index in [0.29, 0.717) is 33.0 Å². The Morgan fingerprint density at radius 1 is 1.47 bits per heavy atom. The van der Waals surface area contributed by atoms with Crippen LogP contribution >= 0.6 is 0 Å². The lowest BCUT2D eigenvalue weighted by molar-refractivity contribution is -0.156. The van der Waals surface area contributed by atoms with Crippen LogP contribution in [0.2, 0.25) is 0 Å². The van der Waals surface area contributed by atoms with E-state index in [2.05, 4.69) is 4.90 Å². The number of rotatable bonds is 8. The van der Waals surface area contributed by atoms with Crippen molar-refractivity contribution < 1.29 is 24.1 Å². The lowest BCUT2D eigenvalue weighted by Crippen LogP contribution is -2.46. The van der Waals surface area contributed by atoms with Gasteiger partial charge in [0.15, 0.2) is 6.10 Å². The molecular weight excluding hydrogens is 226 g/mol. The predicted octanol–water partition coefficient (Wildman–Crippen LogP) is -0.175. The number of ether oxygens (including phenoxy) is 3. The maximum absolute atomic E-state index is 10.8. The van der Waals surface area contributed by atoms with Crippen molar-refractivity contribution in [2.24, 2.45) is 0 Å². The maximum Gasteiger partial charge on any atom is 0.334 e. The zero-order valence-corrected chi connectivity index (χ0v) is 10.3. The van der Waals surface area contributed by atoms with Crippen LogP contribution < -0.4 is 0 Å². The number of carboxylic acids is 1. The highest BCUT2D eigenvalue weighted by Crippen LogP contribution is 2.05. The number of nitrogens with zero attached hydrogens (tertiary/aromatic N) is 1. The Bertz CT molecular complexity index is 224. The van der Waals surface area contributed by atoms with Crippen LogP contribution in [0.3, 0.4) is 0 Å². The minimum absolute atomic E-state index is 0.466. The molecule has 0 spiro atoms. The Labute approximate surface area is 101 Å². The number of morpholine rings is 1. The van der Waals surface area contributed by atoms with Crippen molar-refractivity contribution in [1.29, 1.82) is 0 Å². The summed E-state index contributed by atoms with van der Waals surface area (Å²) in [6, 6.07) is 0. The molecule has 1 unspecified atom stereocenters. The van der Waals surface area contributed by atoms with Gasteiger partial charge in [0.1, 0.15) is 0 Å². The van der Waals surface area contributed by atoms with E-state index in [9.17, 15) is 4.79 Å². The van der Waals surface area contributed by atoms with Gasteiger partial charge in [0.25, 0.3) is 0 Å². The van der Waals surface area contributed by atoms with E-state index < -0.39 is 12.1 Å². The van der Waals surface area contributed by atoms with Crippen LogP contribution in [0.15, 0.2) is 0 Å². The topological polar surface area (TPSA) is 68.2 Å². The van der Waals surface area contributed by atoms with E-state index in [0.717, 1.165) is 19.5 Å². The molecule has 1 aliphatic heterocycles.